The van der Waals surface area contributed by atoms with E-state index in [2.05, 4.69) is 84.6 Å². The van der Waals surface area contributed by atoms with E-state index < -0.39 is 5.97 Å². The van der Waals surface area contributed by atoms with E-state index in [1.807, 2.05) is 0 Å². The van der Waals surface area contributed by atoms with Gasteiger partial charge >= 0.3 is 5.97 Å². The Morgan fingerprint density at radius 1 is 0.868 bits per heavy atom. The van der Waals surface area contributed by atoms with E-state index in [0.717, 1.165) is 32.2 Å². The zero-order valence-corrected chi connectivity index (χ0v) is 22.2. The number of carbonyl (C=O) groups is 2. The van der Waals surface area contributed by atoms with Crippen LogP contribution < -0.4 is 0 Å². The van der Waals surface area contributed by atoms with Crippen molar-refractivity contribution in [1.82, 2.24) is 4.90 Å². The molecule has 2 atom stereocenters. The highest BCUT2D eigenvalue weighted by atomic mass is 16.4. The van der Waals surface area contributed by atoms with Crippen LogP contribution in [0.15, 0.2) is 72.8 Å². The number of carboxylic acid groups (broad SMARTS) is 1. The van der Waals surface area contributed by atoms with E-state index in [-0.39, 0.29) is 29.2 Å². The van der Waals surface area contributed by atoms with E-state index in [9.17, 15) is 14.7 Å². The van der Waals surface area contributed by atoms with Crippen molar-refractivity contribution < 1.29 is 14.7 Å². The smallest absolute Gasteiger partial charge is 0.306 e. The van der Waals surface area contributed by atoms with Gasteiger partial charge in [0.1, 0.15) is 0 Å². The first-order valence-corrected chi connectivity index (χ1v) is 14.2. The summed E-state index contributed by atoms with van der Waals surface area (Å²) in [6, 6.07) is 26.7. The molecule has 4 heteroatoms. The molecule has 2 unspecified atom stereocenters. The minimum atomic E-state index is -0.715. The van der Waals surface area contributed by atoms with Crippen LogP contribution >= 0.6 is 0 Å². The molecule has 6 rings (SSSR count). The quantitative estimate of drug-likeness (QED) is 0.424. The number of amides is 1. The Balaban J connectivity index is 1.33. The zero-order valence-electron chi connectivity index (χ0n) is 22.2. The molecule has 3 aliphatic rings. The lowest BCUT2D eigenvalue weighted by Gasteiger charge is -2.44. The van der Waals surface area contributed by atoms with Gasteiger partial charge in [0.05, 0.1) is 5.92 Å². The fraction of sp³-hybridized carbons (Fsp3) is 0.412. The summed E-state index contributed by atoms with van der Waals surface area (Å²) in [5.41, 5.74) is 7.84. The predicted octanol–water partition coefficient (Wildman–Crippen LogP) is 6.58. The number of likely N-dealkylation sites (tertiary alicyclic amines) is 1. The minimum absolute atomic E-state index is 0.0392. The van der Waals surface area contributed by atoms with Gasteiger partial charge in [-0.3, -0.25) is 9.59 Å². The van der Waals surface area contributed by atoms with Crippen molar-refractivity contribution in [3.63, 3.8) is 0 Å². The third-order valence-electron chi connectivity index (χ3n) is 9.60. The average molecular weight is 508 g/mol. The normalized spacial score (nSPS) is 26.4. The SMILES string of the molecule is Cc1ccc(CC23CCN(C(=O)[C@H]4CC[C@H](C(=O)O)CC4)C2CCc2cc(-c4ccccc4)ccc23)cc1. The topological polar surface area (TPSA) is 57.6 Å². The second-order valence-electron chi connectivity index (χ2n) is 11.8. The van der Waals surface area contributed by atoms with E-state index in [0.29, 0.717) is 25.7 Å². The Morgan fingerprint density at radius 3 is 2.29 bits per heavy atom. The Labute approximate surface area is 225 Å². The largest absolute Gasteiger partial charge is 0.481 e. The molecule has 2 aliphatic carbocycles. The van der Waals surface area contributed by atoms with Gasteiger partial charge in [0.2, 0.25) is 5.91 Å². The molecule has 1 amide bonds. The maximum Gasteiger partial charge on any atom is 0.306 e. The van der Waals surface area contributed by atoms with E-state index in [1.165, 1.54) is 33.4 Å². The standard InChI is InChI=1S/C34H37NO3/c1-23-7-9-24(10-8-23)22-34-19-20-35(32(36)26-11-13-27(14-12-26)33(37)38)31(34)18-16-29-21-28(15-17-30(29)34)25-5-3-2-4-6-25/h2-10,15,17,21,26-27,31H,11-14,16,18-20,22H2,1H3,(H,37,38)/t26-,27-,31?,34?. The number of fused-ring (bicyclic) bond motifs is 3. The monoisotopic (exact) mass is 507 g/mol. The number of benzene rings is 3. The van der Waals surface area contributed by atoms with Crippen molar-refractivity contribution in [2.24, 2.45) is 11.8 Å². The Kier molecular flexibility index (Phi) is 6.59. The molecule has 0 radical (unpaired) electrons. The number of hydrogen-bond donors (Lipinski definition) is 1. The molecule has 4 nitrogen and oxygen atoms in total. The van der Waals surface area contributed by atoms with Gasteiger partial charge in [-0.1, -0.05) is 78.4 Å². The number of carboxylic acids is 1. The summed E-state index contributed by atoms with van der Waals surface area (Å²) in [6.07, 6.45) is 6.49. The molecular formula is C34H37NO3. The molecule has 0 aromatic heterocycles. The Hall–Kier alpha value is -3.40. The zero-order chi connectivity index (χ0) is 26.3. The molecule has 3 aromatic carbocycles. The molecule has 38 heavy (non-hydrogen) atoms. The van der Waals surface area contributed by atoms with Crippen LogP contribution in [0, 0.1) is 18.8 Å². The molecule has 1 aliphatic heterocycles. The maximum atomic E-state index is 13.9. The van der Waals surface area contributed by atoms with Gasteiger partial charge in [0.15, 0.2) is 0 Å². The van der Waals surface area contributed by atoms with Crippen LogP contribution in [-0.4, -0.2) is 34.5 Å². The number of aryl methyl sites for hydroxylation is 2. The first kappa shape index (κ1) is 24.9. The number of nitrogens with zero attached hydrogens (tertiary/aromatic N) is 1. The minimum Gasteiger partial charge on any atom is -0.481 e. The van der Waals surface area contributed by atoms with E-state index in [1.54, 1.807) is 0 Å². The van der Waals surface area contributed by atoms with Gasteiger partial charge < -0.3 is 10.0 Å². The molecule has 1 heterocycles. The average Bonchev–Trinajstić information content (AvgIpc) is 3.33. The second-order valence-corrected chi connectivity index (χ2v) is 11.8. The third kappa shape index (κ3) is 4.44. The molecule has 196 valence electrons. The van der Waals surface area contributed by atoms with Gasteiger partial charge in [-0.2, -0.15) is 0 Å². The summed E-state index contributed by atoms with van der Waals surface area (Å²) in [7, 11) is 0. The lowest BCUT2D eigenvalue weighted by molar-refractivity contribution is -0.146. The highest BCUT2D eigenvalue weighted by molar-refractivity contribution is 5.81. The van der Waals surface area contributed by atoms with Crippen molar-refractivity contribution in [3.05, 3.63) is 95.1 Å². The summed E-state index contributed by atoms with van der Waals surface area (Å²) in [6.45, 7) is 2.91. The van der Waals surface area contributed by atoms with Crippen LogP contribution in [0.2, 0.25) is 0 Å². The van der Waals surface area contributed by atoms with Crippen LogP contribution in [-0.2, 0) is 27.8 Å². The number of rotatable bonds is 5. The van der Waals surface area contributed by atoms with Crippen molar-refractivity contribution in [3.8, 4) is 11.1 Å². The summed E-state index contributed by atoms with van der Waals surface area (Å²) in [5.74, 6) is -0.789. The molecule has 2 fully saturated rings. The van der Waals surface area contributed by atoms with Gasteiger partial charge in [-0.25, -0.2) is 0 Å². The Morgan fingerprint density at radius 2 is 1.58 bits per heavy atom. The van der Waals surface area contributed by atoms with Crippen LogP contribution in [0.3, 0.4) is 0 Å². The first-order chi connectivity index (χ1) is 18.4. The molecule has 1 N–H and O–H groups in total. The highest BCUT2D eigenvalue weighted by Crippen LogP contribution is 2.50. The second kappa shape index (κ2) is 10.1. The lowest BCUT2D eigenvalue weighted by atomic mass is 9.63. The van der Waals surface area contributed by atoms with Gasteiger partial charge in [-0.15, -0.1) is 0 Å². The molecule has 1 saturated heterocycles. The fourth-order valence-electron chi connectivity index (χ4n) is 7.53. The molecular weight excluding hydrogens is 470 g/mol. The summed E-state index contributed by atoms with van der Waals surface area (Å²) in [5, 5.41) is 9.41. The van der Waals surface area contributed by atoms with Crippen LogP contribution in [0.4, 0.5) is 0 Å². The van der Waals surface area contributed by atoms with Crippen molar-refractivity contribution in [1.29, 1.82) is 0 Å². The Bertz CT molecular complexity index is 1320. The van der Waals surface area contributed by atoms with Gasteiger partial charge in [-0.05, 0) is 86.1 Å². The number of carbonyl (C=O) groups excluding carboxylic acids is 1. The summed E-state index contributed by atoms with van der Waals surface area (Å²) in [4.78, 5) is 27.6. The van der Waals surface area contributed by atoms with Gasteiger partial charge in [0.25, 0.3) is 0 Å². The summed E-state index contributed by atoms with van der Waals surface area (Å²) < 4.78 is 0. The van der Waals surface area contributed by atoms with Crippen molar-refractivity contribution >= 4 is 11.9 Å². The fourth-order valence-corrected chi connectivity index (χ4v) is 7.53. The van der Waals surface area contributed by atoms with E-state index in [4.69, 9.17) is 0 Å². The van der Waals surface area contributed by atoms with Crippen LogP contribution in [0.5, 0.6) is 0 Å². The molecule has 1 saturated carbocycles. The van der Waals surface area contributed by atoms with Crippen LogP contribution in [0.1, 0.15) is 60.8 Å². The van der Waals surface area contributed by atoms with E-state index >= 15 is 0 Å². The van der Waals surface area contributed by atoms with Gasteiger partial charge in [0, 0.05) is 23.9 Å². The number of aliphatic carboxylic acids is 1. The van der Waals surface area contributed by atoms with Crippen molar-refractivity contribution in [2.45, 2.75) is 69.7 Å². The molecule has 0 bridgehead atoms. The predicted molar refractivity (Wildman–Crippen MR) is 150 cm³/mol. The number of hydrogen-bond acceptors (Lipinski definition) is 2. The molecule has 3 aromatic rings. The maximum absolute atomic E-state index is 13.9. The lowest BCUT2D eigenvalue weighted by Crippen LogP contribution is -2.50. The van der Waals surface area contributed by atoms with Crippen LogP contribution in [0.25, 0.3) is 11.1 Å². The van der Waals surface area contributed by atoms with Crippen molar-refractivity contribution in [2.75, 3.05) is 6.54 Å². The first-order valence-electron chi connectivity index (χ1n) is 14.2. The molecule has 0 spiro atoms. The summed E-state index contributed by atoms with van der Waals surface area (Å²) >= 11 is 0. The highest BCUT2D eigenvalue weighted by Gasteiger charge is 2.53. The third-order valence-corrected chi connectivity index (χ3v) is 9.60.